The van der Waals surface area contributed by atoms with Gasteiger partial charge in [-0.2, -0.15) is 9.98 Å². The van der Waals surface area contributed by atoms with Crippen LogP contribution in [0.3, 0.4) is 0 Å². The number of aliphatic imine (C=N–C) groups is 1. The normalized spacial score (nSPS) is 11.3. The highest BCUT2D eigenvalue weighted by atomic mass is 35.5. The quantitative estimate of drug-likeness (QED) is 0.101. The number of nitrogens with zero attached hydrogens (tertiary/aromatic N) is 10. The summed E-state index contributed by atoms with van der Waals surface area (Å²) in [6.45, 7) is 3.45. The van der Waals surface area contributed by atoms with Crippen molar-refractivity contribution in [3.05, 3.63) is 173 Å². The van der Waals surface area contributed by atoms with Gasteiger partial charge >= 0.3 is 0 Å². The maximum atomic E-state index is 12.4. The second kappa shape index (κ2) is 19.2. The number of primary amides is 1. The van der Waals surface area contributed by atoms with Crippen LogP contribution in [0, 0.1) is 6.92 Å². The minimum absolute atomic E-state index is 0.165. The molecule has 0 aliphatic heterocycles. The molecular formula is C45H35Cl3N14O6. The molecule has 10 aromatic rings. The lowest BCUT2D eigenvalue weighted by molar-refractivity contribution is 0.0993. The Balaban J connectivity index is 0.000000139. The number of halogens is 3. The maximum Gasteiger partial charge on any atom is 0.284 e. The van der Waals surface area contributed by atoms with Gasteiger partial charge < -0.3 is 15.2 Å². The summed E-state index contributed by atoms with van der Waals surface area (Å²) in [4.78, 5) is 83.6. The van der Waals surface area contributed by atoms with Gasteiger partial charge in [0.2, 0.25) is 0 Å². The molecule has 2 amide bonds. The number of aryl methyl sites for hydroxylation is 1. The maximum absolute atomic E-state index is 12.4. The van der Waals surface area contributed by atoms with Gasteiger partial charge in [0.25, 0.3) is 34.4 Å². The van der Waals surface area contributed by atoms with E-state index in [-0.39, 0.29) is 39.1 Å². The lowest BCUT2D eigenvalue weighted by Crippen LogP contribution is -2.20. The van der Waals surface area contributed by atoms with Crippen LogP contribution in [-0.4, -0.2) is 90.6 Å². The van der Waals surface area contributed by atoms with Crippen LogP contribution in [0.15, 0.2) is 133 Å². The van der Waals surface area contributed by atoms with Crippen molar-refractivity contribution in [2.24, 2.45) is 10.7 Å². The molecule has 68 heavy (non-hydrogen) atoms. The summed E-state index contributed by atoms with van der Waals surface area (Å²) in [5, 5.41) is 13.8. The molecule has 7 aromatic heterocycles. The molecule has 0 unspecified atom stereocenters. The van der Waals surface area contributed by atoms with Crippen LogP contribution in [0.5, 0.6) is 0 Å². The van der Waals surface area contributed by atoms with Gasteiger partial charge in [-0.05, 0) is 50.2 Å². The van der Waals surface area contributed by atoms with E-state index in [9.17, 15) is 24.0 Å². The van der Waals surface area contributed by atoms with Crippen LogP contribution in [0.25, 0.3) is 62.2 Å². The number of amidine groups is 1. The van der Waals surface area contributed by atoms with E-state index in [1.54, 1.807) is 99.7 Å². The van der Waals surface area contributed by atoms with E-state index < -0.39 is 11.8 Å². The predicted octanol–water partition coefficient (Wildman–Crippen LogP) is 6.61. The molecular weight excluding hydrogens is 939 g/mol. The average molecular weight is 974 g/mol. The van der Waals surface area contributed by atoms with Crippen LogP contribution in [0.1, 0.15) is 33.5 Å². The number of benzene rings is 3. The second-order valence-electron chi connectivity index (χ2n) is 14.9. The standard InChI is InChI=1S/C17H16ClN5O2.C15H10ClN5O2.C13H9ClN4O2/c1-10(22(2)3)20-17(25)13-9-19-23-15(24)8-14(21-16(13)23)11-4-6-12(18)7-5-11;1-8-18-15(23-20-8)11-7-17-21-13(22)6-12(19-14(11)21)9-2-4-10(16)5-3-9;14-8-3-1-7(2-4-8)10-5-11(19)18-13(17-10)9(6-16-18)12(15)20/h4-9,19H,1-3H3;2-7,17H,1H3;1-6,16H,(H2,15,20). The zero-order chi connectivity index (χ0) is 48.4. The van der Waals surface area contributed by atoms with Gasteiger partial charge in [-0.1, -0.05) is 76.4 Å². The molecule has 0 saturated heterocycles. The van der Waals surface area contributed by atoms with Crippen molar-refractivity contribution in [1.82, 2.24) is 58.8 Å². The summed E-state index contributed by atoms with van der Waals surface area (Å²) in [5.41, 5.74) is 9.91. The molecule has 0 saturated carbocycles. The summed E-state index contributed by atoms with van der Waals surface area (Å²) in [6.07, 6.45) is 4.41. The minimum Gasteiger partial charge on any atom is -0.366 e. The van der Waals surface area contributed by atoms with Crippen molar-refractivity contribution in [3.8, 4) is 45.2 Å². The van der Waals surface area contributed by atoms with Crippen molar-refractivity contribution in [2.45, 2.75) is 13.8 Å². The van der Waals surface area contributed by atoms with Crippen molar-refractivity contribution in [2.75, 3.05) is 14.1 Å². The molecule has 5 N–H and O–H groups in total. The van der Waals surface area contributed by atoms with Gasteiger partial charge in [-0.3, -0.25) is 39.3 Å². The third kappa shape index (κ3) is 9.72. The number of fused-ring (bicyclic) bond motifs is 3. The van der Waals surface area contributed by atoms with Gasteiger partial charge in [0.15, 0.2) is 22.8 Å². The summed E-state index contributed by atoms with van der Waals surface area (Å²) < 4.78 is 8.87. The smallest absolute Gasteiger partial charge is 0.284 e. The molecule has 0 bridgehead atoms. The molecule has 7 heterocycles. The first-order chi connectivity index (χ1) is 32.5. The Bertz CT molecular complexity index is 3730. The number of carbonyl (C=O) groups excluding carboxylic acids is 2. The molecule has 0 aliphatic carbocycles. The number of aromatic amines is 3. The van der Waals surface area contributed by atoms with Crippen molar-refractivity contribution >= 4 is 69.4 Å². The molecule has 0 aliphatic rings. The van der Waals surface area contributed by atoms with E-state index >= 15 is 0 Å². The Morgan fingerprint density at radius 1 is 0.618 bits per heavy atom. The minimum atomic E-state index is -0.649. The fourth-order valence-corrected chi connectivity index (χ4v) is 6.84. The molecule has 0 radical (unpaired) electrons. The second-order valence-corrected chi connectivity index (χ2v) is 16.2. The van der Waals surface area contributed by atoms with Crippen LogP contribution in [0.4, 0.5) is 0 Å². The van der Waals surface area contributed by atoms with Crippen molar-refractivity contribution in [1.29, 1.82) is 0 Å². The Morgan fingerprint density at radius 2 is 1.01 bits per heavy atom. The molecule has 10 rings (SSSR count). The lowest BCUT2D eigenvalue weighted by atomic mass is 10.1. The Hall–Kier alpha value is -8.46. The van der Waals surface area contributed by atoms with Crippen LogP contribution >= 0.6 is 34.8 Å². The number of nitrogens with two attached hydrogens (primary N) is 1. The van der Waals surface area contributed by atoms with Gasteiger partial charge in [0.05, 0.1) is 17.1 Å². The number of amides is 2. The average Bonchev–Trinajstić information content (AvgIpc) is 4.14. The molecule has 342 valence electrons. The first-order valence-corrected chi connectivity index (χ1v) is 21.2. The highest BCUT2D eigenvalue weighted by molar-refractivity contribution is 6.31. The number of carbonyl (C=O) groups is 2. The van der Waals surface area contributed by atoms with Crippen molar-refractivity contribution < 1.29 is 14.1 Å². The van der Waals surface area contributed by atoms with Crippen LogP contribution in [-0.2, 0) is 0 Å². The van der Waals surface area contributed by atoms with Gasteiger partial charge in [-0.15, -0.1) is 0 Å². The van der Waals surface area contributed by atoms with E-state index in [2.05, 4.69) is 45.4 Å². The third-order valence-corrected chi connectivity index (χ3v) is 10.8. The fraction of sp³-hybridized carbons (Fsp3) is 0.0889. The third-order valence-electron chi connectivity index (χ3n) is 10.1. The molecule has 3 aromatic carbocycles. The van der Waals surface area contributed by atoms with Crippen LogP contribution in [0.2, 0.25) is 15.1 Å². The Morgan fingerprint density at radius 3 is 1.43 bits per heavy atom. The molecule has 0 fully saturated rings. The molecule has 0 atom stereocenters. The van der Waals surface area contributed by atoms with Gasteiger partial charge in [0, 0.05) is 82.6 Å². The molecule has 23 heteroatoms. The van der Waals surface area contributed by atoms with Crippen molar-refractivity contribution in [3.63, 3.8) is 0 Å². The fourth-order valence-electron chi connectivity index (χ4n) is 6.46. The Labute approximate surface area is 397 Å². The first-order valence-electron chi connectivity index (χ1n) is 20.0. The molecule has 20 nitrogen and oxygen atoms in total. The monoisotopic (exact) mass is 972 g/mol. The summed E-state index contributed by atoms with van der Waals surface area (Å²) in [6, 6.07) is 25.2. The largest absolute Gasteiger partial charge is 0.366 e. The number of nitrogens with one attached hydrogen (secondary N) is 3. The predicted molar refractivity (Wildman–Crippen MR) is 256 cm³/mol. The SMILES string of the molecule is CC(=NC(=O)c1c[nH]n2c(=O)cc(-c3ccc(Cl)cc3)nc12)N(C)C.Cc1noc(-c2c[nH]n3c(=O)cc(-c4ccc(Cl)cc4)nc23)n1.NC(=O)c1c[nH]n2c(=O)cc(-c3ccc(Cl)cc3)nc12. The van der Waals surface area contributed by atoms with Gasteiger partial charge in [0.1, 0.15) is 22.5 Å². The van der Waals surface area contributed by atoms with E-state index in [1.165, 1.54) is 44.1 Å². The summed E-state index contributed by atoms with van der Waals surface area (Å²) >= 11 is 17.6. The topological polar surface area (TPSA) is 265 Å². The lowest BCUT2D eigenvalue weighted by Gasteiger charge is -2.09. The van der Waals surface area contributed by atoms with E-state index in [4.69, 9.17) is 45.1 Å². The summed E-state index contributed by atoms with van der Waals surface area (Å²) in [5.74, 6) is 0.256. The number of hydrogen-bond acceptors (Lipinski definition) is 11. The van der Waals surface area contributed by atoms with E-state index in [0.29, 0.717) is 60.9 Å². The highest BCUT2D eigenvalue weighted by Gasteiger charge is 2.19. The van der Waals surface area contributed by atoms with E-state index in [1.807, 2.05) is 12.1 Å². The molecule has 0 spiro atoms. The Kier molecular flexibility index (Phi) is 13.0. The number of hydrogen-bond donors (Lipinski definition) is 4. The zero-order valence-electron chi connectivity index (χ0n) is 36.0. The number of aromatic nitrogens is 11. The highest BCUT2D eigenvalue weighted by Crippen LogP contribution is 2.25. The zero-order valence-corrected chi connectivity index (χ0v) is 38.3. The first kappa shape index (κ1) is 46.1. The van der Waals surface area contributed by atoms with Gasteiger partial charge in [-0.25, -0.2) is 28.5 Å². The number of rotatable bonds is 6. The number of H-pyrrole nitrogens is 3. The van der Waals surface area contributed by atoms with Crippen LogP contribution < -0.4 is 22.4 Å². The summed E-state index contributed by atoms with van der Waals surface area (Å²) in [7, 11) is 3.59. The van der Waals surface area contributed by atoms with E-state index in [0.717, 1.165) is 16.7 Å².